The highest BCUT2D eigenvalue weighted by atomic mass is 32.2. The second-order valence-corrected chi connectivity index (χ2v) is 9.34. The molecule has 164 valence electrons. The van der Waals surface area contributed by atoms with Crippen molar-refractivity contribution >= 4 is 29.5 Å². The van der Waals surface area contributed by atoms with Gasteiger partial charge in [-0.1, -0.05) is 27.7 Å². The summed E-state index contributed by atoms with van der Waals surface area (Å²) in [6, 6.07) is -2.19. The Bertz CT molecular complexity index is 538. The fraction of sp³-hybridized carbons (Fsp3) is 0.833. The molecule has 0 aromatic heterocycles. The smallest absolute Gasteiger partial charge is 0.321 e. The molecule has 0 unspecified atom stereocenters. The molecule has 0 rings (SSSR count). The monoisotopic (exact) mass is 419 g/mol. The largest absolute Gasteiger partial charge is 0.480 e. The third-order valence-corrected chi connectivity index (χ3v) is 5.41. The minimum Gasteiger partial charge on any atom is -0.480 e. The van der Waals surface area contributed by atoms with Gasteiger partial charge >= 0.3 is 5.97 Å². The number of rotatable bonds is 13. The van der Waals surface area contributed by atoms with Crippen LogP contribution in [0.2, 0.25) is 0 Å². The van der Waals surface area contributed by atoms with Gasteiger partial charge in [-0.25, -0.2) is 0 Å². The van der Waals surface area contributed by atoms with Crippen LogP contribution in [0, 0.1) is 10.8 Å². The van der Waals surface area contributed by atoms with Gasteiger partial charge in [-0.05, 0) is 30.3 Å². The SMILES string of the molecule is CSCC[C@H](NC(=O)C(C)(C)CC(C)(C)[C@H](N)C(=O)O)C(=O)NC(CN)CN. The lowest BCUT2D eigenvalue weighted by Crippen LogP contribution is -2.56. The van der Waals surface area contributed by atoms with Gasteiger partial charge in [0.1, 0.15) is 12.1 Å². The molecule has 2 atom stereocenters. The number of thioether (sulfide) groups is 1. The molecule has 0 aliphatic heterocycles. The minimum absolute atomic E-state index is 0.207. The van der Waals surface area contributed by atoms with Crippen molar-refractivity contribution in [3.05, 3.63) is 0 Å². The van der Waals surface area contributed by atoms with E-state index in [0.717, 1.165) is 0 Å². The average Bonchev–Trinajstić information content (AvgIpc) is 2.60. The first-order valence-corrected chi connectivity index (χ1v) is 10.7. The lowest BCUT2D eigenvalue weighted by atomic mass is 9.70. The summed E-state index contributed by atoms with van der Waals surface area (Å²) in [4.78, 5) is 36.7. The Morgan fingerprint density at radius 3 is 2.04 bits per heavy atom. The second kappa shape index (κ2) is 11.6. The van der Waals surface area contributed by atoms with E-state index in [0.29, 0.717) is 12.2 Å². The lowest BCUT2D eigenvalue weighted by molar-refractivity contribution is -0.143. The number of nitrogens with two attached hydrogens (primary N) is 3. The van der Waals surface area contributed by atoms with Gasteiger partial charge < -0.3 is 32.9 Å². The summed E-state index contributed by atoms with van der Waals surface area (Å²) < 4.78 is 0. The molecule has 2 amide bonds. The lowest BCUT2D eigenvalue weighted by Gasteiger charge is -2.37. The van der Waals surface area contributed by atoms with E-state index >= 15 is 0 Å². The molecule has 28 heavy (non-hydrogen) atoms. The van der Waals surface area contributed by atoms with Crippen molar-refractivity contribution in [2.24, 2.45) is 28.0 Å². The zero-order chi connectivity index (χ0) is 22.1. The van der Waals surface area contributed by atoms with Crippen molar-refractivity contribution in [3.8, 4) is 0 Å². The van der Waals surface area contributed by atoms with E-state index in [-0.39, 0.29) is 37.4 Å². The molecule has 0 bridgehead atoms. The molecule has 0 saturated carbocycles. The fourth-order valence-electron chi connectivity index (χ4n) is 3.04. The van der Waals surface area contributed by atoms with Crippen molar-refractivity contribution in [2.75, 3.05) is 25.1 Å². The van der Waals surface area contributed by atoms with Gasteiger partial charge in [-0.15, -0.1) is 0 Å². The maximum atomic E-state index is 12.9. The van der Waals surface area contributed by atoms with Gasteiger partial charge in [-0.2, -0.15) is 11.8 Å². The molecule has 10 heteroatoms. The fourth-order valence-corrected chi connectivity index (χ4v) is 3.51. The molecule has 0 aromatic carbocycles. The van der Waals surface area contributed by atoms with Crippen molar-refractivity contribution < 1.29 is 19.5 Å². The summed E-state index contributed by atoms with van der Waals surface area (Å²) in [7, 11) is 0. The zero-order valence-corrected chi connectivity index (χ0v) is 18.4. The molecule has 9 N–H and O–H groups in total. The van der Waals surface area contributed by atoms with Gasteiger partial charge in [0, 0.05) is 18.5 Å². The Balaban J connectivity index is 5.26. The van der Waals surface area contributed by atoms with E-state index in [2.05, 4.69) is 10.6 Å². The van der Waals surface area contributed by atoms with Crippen LogP contribution >= 0.6 is 11.8 Å². The Labute approximate surface area is 171 Å². The van der Waals surface area contributed by atoms with Crippen molar-refractivity contribution in [3.63, 3.8) is 0 Å². The number of carboxylic acid groups (broad SMARTS) is 1. The van der Waals surface area contributed by atoms with Crippen LogP contribution < -0.4 is 27.8 Å². The number of carbonyl (C=O) groups excluding carboxylic acids is 2. The minimum atomic E-state index is -1.12. The molecule has 9 nitrogen and oxygen atoms in total. The second-order valence-electron chi connectivity index (χ2n) is 8.35. The number of aliphatic carboxylic acids is 1. The summed E-state index contributed by atoms with van der Waals surface area (Å²) in [5.41, 5.74) is 15.2. The third kappa shape index (κ3) is 8.34. The van der Waals surface area contributed by atoms with Crippen LogP contribution in [-0.2, 0) is 14.4 Å². The quantitative estimate of drug-likeness (QED) is 0.231. The Morgan fingerprint density at radius 1 is 1.07 bits per heavy atom. The zero-order valence-electron chi connectivity index (χ0n) is 17.6. The van der Waals surface area contributed by atoms with Gasteiger partial charge in [0.2, 0.25) is 11.8 Å². The standard InChI is InChI=1S/C18H37N5O4S/c1-17(2,13(21)15(25)26)10-18(3,4)16(27)23-12(6-7-28-5)14(24)22-11(8-19)9-20/h11-13H,6-10,19-21H2,1-5H3,(H,22,24)(H,23,27)(H,25,26)/t12-,13+/m0/s1. The Hall–Kier alpha value is -1.36. The molecule has 0 radical (unpaired) electrons. The number of carbonyl (C=O) groups is 3. The number of nitrogens with one attached hydrogen (secondary N) is 2. The van der Waals surface area contributed by atoms with Crippen molar-refractivity contribution in [1.29, 1.82) is 0 Å². The molecular formula is C18H37N5O4S. The highest BCUT2D eigenvalue weighted by Crippen LogP contribution is 2.36. The average molecular weight is 420 g/mol. The predicted molar refractivity (Wildman–Crippen MR) is 113 cm³/mol. The molecule has 0 saturated heterocycles. The van der Waals surface area contributed by atoms with E-state index in [1.165, 1.54) is 0 Å². The molecule has 0 aliphatic rings. The van der Waals surface area contributed by atoms with E-state index < -0.39 is 28.9 Å². The number of carboxylic acids is 1. The summed E-state index contributed by atoms with van der Waals surface area (Å²) in [6.07, 6.45) is 2.61. The van der Waals surface area contributed by atoms with Crippen LogP contribution in [-0.4, -0.2) is 66.1 Å². The maximum Gasteiger partial charge on any atom is 0.321 e. The van der Waals surface area contributed by atoms with Crippen LogP contribution in [0.25, 0.3) is 0 Å². The topological polar surface area (TPSA) is 174 Å². The first-order valence-electron chi connectivity index (χ1n) is 9.31. The van der Waals surface area contributed by atoms with E-state index in [1.54, 1.807) is 39.5 Å². The number of amides is 2. The first-order chi connectivity index (χ1) is 12.8. The Morgan fingerprint density at radius 2 is 1.61 bits per heavy atom. The molecule has 0 fully saturated rings. The molecule has 0 heterocycles. The number of hydrogen-bond acceptors (Lipinski definition) is 7. The highest BCUT2D eigenvalue weighted by molar-refractivity contribution is 7.98. The summed E-state index contributed by atoms with van der Waals surface area (Å²) in [5.74, 6) is -1.10. The van der Waals surface area contributed by atoms with Gasteiger partial charge in [-0.3, -0.25) is 14.4 Å². The summed E-state index contributed by atoms with van der Waals surface area (Å²) >= 11 is 1.57. The van der Waals surface area contributed by atoms with Crippen LogP contribution in [0.4, 0.5) is 0 Å². The van der Waals surface area contributed by atoms with E-state index in [1.807, 2.05) is 6.26 Å². The maximum absolute atomic E-state index is 12.9. The van der Waals surface area contributed by atoms with E-state index in [9.17, 15) is 19.5 Å². The van der Waals surface area contributed by atoms with Gasteiger partial charge in [0.05, 0.1) is 6.04 Å². The van der Waals surface area contributed by atoms with Crippen molar-refractivity contribution in [1.82, 2.24) is 10.6 Å². The molecule has 0 aliphatic carbocycles. The first kappa shape index (κ1) is 26.6. The van der Waals surface area contributed by atoms with Gasteiger partial charge in [0.15, 0.2) is 0 Å². The van der Waals surface area contributed by atoms with Crippen LogP contribution in [0.5, 0.6) is 0 Å². The molecular weight excluding hydrogens is 382 g/mol. The summed E-state index contributed by atoms with van der Waals surface area (Å²) in [5, 5.41) is 14.8. The molecule has 0 spiro atoms. The van der Waals surface area contributed by atoms with Crippen LogP contribution in [0.15, 0.2) is 0 Å². The van der Waals surface area contributed by atoms with Gasteiger partial charge in [0.25, 0.3) is 0 Å². The third-order valence-electron chi connectivity index (χ3n) is 4.77. The van der Waals surface area contributed by atoms with Crippen LogP contribution in [0.1, 0.15) is 40.5 Å². The van der Waals surface area contributed by atoms with Crippen molar-refractivity contribution in [2.45, 2.75) is 58.7 Å². The summed E-state index contributed by atoms with van der Waals surface area (Å²) in [6.45, 7) is 7.27. The molecule has 0 aromatic rings. The van der Waals surface area contributed by atoms with Crippen LogP contribution in [0.3, 0.4) is 0 Å². The van der Waals surface area contributed by atoms with E-state index in [4.69, 9.17) is 17.2 Å². The number of hydrogen-bond donors (Lipinski definition) is 6. The highest BCUT2D eigenvalue weighted by Gasteiger charge is 2.41. The predicted octanol–water partition coefficient (Wildman–Crippen LogP) is -0.519. The Kier molecular flexibility index (Phi) is 11.0. The normalized spacial score (nSPS) is 14.5.